The normalized spacial score (nSPS) is 16.1. The van der Waals surface area contributed by atoms with Crippen LogP contribution in [-0.4, -0.2) is 86.5 Å². The first kappa shape index (κ1) is 28.5. The number of amides is 3. The molecule has 0 spiro atoms. The minimum atomic E-state index is -1.81. The molecule has 0 aliphatic heterocycles. The third kappa shape index (κ3) is 9.13. The average molecular weight is 482 g/mol. The Balaban J connectivity index is 2.89. The van der Waals surface area contributed by atoms with Gasteiger partial charge in [0.1, 0.15) is 18.1 Å². The van der Waals surface area contributed by atoms with E-state index in [9.17, 15) is 34.2 Å². The van der Waals surface area contributed by atoms with Crippen molar-refractivity contribution in [2.75, 3.05) is 0 Å². The van der Waals surface area contributed by atoms with E-state index in [0.29, 0.717) is 0 Å². The number of nitrogens with one attached hydrogen (secondary N) is 3. The van der Waals surface area contributed by atoms with E-state index in [1.165, 1.54) is 6.92 Å². The van der Waals surface area contributed by atoms with Gasteiger partial charge >= 0.3 is 11.9 Å². The SMILES string of the molecule is CC(O)C(NC(=O)C(N)Cc1ccccc1)C(=O)NC(C(=O)NC(CC(=O)O)C(=O)O)C(C)O. The molecule has 0 saturated heterocycles. The average Bonchev–Trinajstić information content (AvgIpc) is 2.74. The van der Waals surface area contributed by atoms with Crippen molar-refractivity contribution in [1.29, 1.82) is 0 Å². The molecule has 34 heavy (non-hydrogen) atoms. The summed E-state index contributed by atoms with van der Waals surface area (Å²) in [6.07, 6.45) is -3.74. The summed E-state index contributed by atoms with van der Waals surface area (Å²) in [6.45, 7) is 2.33. The van der Waals surface area contributed by atoms with Crippen LogP contribution in [0.4, 0.5) is 0 Å². The Morgan fingerprint density at radius 1 is 0.824 bits per heavy atom. The number of aliphatic hydroxyl groups is 2. The molecule has 3 amide bonds. The molecule has 9 N–H and O–H groups in total. The van der Waals surface area contributed by atoms with Gasteiger partial charge in [-0.1, -0.05) is 30.3 Å². The second kappa shape index (κ2) is 13.2. The Morgan fingerprint density at radius 2 is 1.29 bits per heavy atom. The molecule has 0 fully saturated rings. The Bertz CT molecular complexity index is 876. The minimum Gasteiger partial charge on any atom is -0.481 e. The summed E-state index contributed by atoms with van der Waals surface area (Å²) in [6, 6.07) is 2.69. The number of nitrogens with two attached hydrogens (primary N) is 1. The van der Waals surface area contributed by atoms with Crippen LogP contribution < -0.4 is 21.7 Å². The van der Waals surface area contributed by atoms with Crippen LogP contribution in [0.2, 0.25) is 0 Å². The molecule has 6 atom stereocenters. The molecule has 13 heteroatoms. The molecule has 1 rings (SSSR count). The molecule has 0 aromatic heterocycles. The monoisotopic (exact) mass is 482 g/mol. The molecule has 1 aromatic carbocycles. The molecule has 0 aliphatic rings. The van der Waals surface area contributed by atoms with Gasteiger partial charge in [0.15, 0.2) is 0 Å². The number of rotatable bonds is 13. The van der Waals surface area contributed by atoms with Crippen molar-refractivity contribution in [2.24, 2.45) is 5.73 Å². The minimum absolute atomic E-state index is 0.152. The molecule has 1 aromatic rings. The third-order valence-electron chi connectivity index (χ3n) is 4.75. The molecule has 188 valence electrons. The van der Waals surface area contributed by atoms with E-state index in [-0.39, 0.29) is 6.42 Å². The fourth-order valence-electron chi connectivity index (χ4n) is 2.91. The zero-order chi connectivity index (χ0) is 26.0. The lowest BCUT2D eigenvalue weighted by Gasteiger charge is -2.27. The topological polar surface area (TPSA) is 228 Å². The van der Waals surface area contributed by atoms with Gasteiger partial charge in [0.05, 0.1) is 24.7 Å². The molecule has 0 radical (unpaired) electrons. The van der Waals surface area contributed by atoms with Crippen LogP contribution in [0.1, 0.15) is 25.8 Å². The van der Waals surface area contributed by atoms with E-state index in [1.807, 2.05) is 5.32 Å². The van der Waals surface area contributed by atoms with E-state index >= 15 is 0 Å². The summed E-state index contributed by atoms with van der Waals surface area (Å²) in [5.41, 5.74) is 6.65. The molecule has 0 saturated carbocycles. The molecule has 0 aliphatic carbocycles. The zero-order valence-electron chi connectivity index (χ0n) is 18.7. The number of aliphatic carboxylic acids is 2. The van der Waals surface area contributed by atoms with Crippen molar-refractivity contribution >= 4 is 29.7 Å². The standard InChI is InChI=1S/C21H30N4O9/c1-10(26)16(19(31)23-14(21(33)34)9-15(28)29)25-20(32)17(11(2)27)24-18(30)13(22)8-12-6-4-3-5-7-12/h3-7,10-11,13-14,16-17,26-27H,8-9,22H2,1-2H3,(H,23,31)(H,24,30)(H,25,32)(H,28,29)(H,33,34). The number of carbonyl (C=O) groups excluding carboxylic acids is 3. The van der Waals surface area contributed by atoms with Gasteiger partial charge in [-0.3, -0.25) is 19.2 Å². The molecule has 13 nitrogen and oxygen atoms in total. The lowest BCUT2D eigenvalue weighted by Crippen LogP contribution is -2.62. The van der Waals surface area contributed by atoms with Crippen LogP contribution in [0.5, 0.6) is 0 Å². The van der Waals surface area contributed by atoms with E-state index < -0.39 is 72.5 Å². The number of carboxylic acids is 2. The van der Waals surface area contributed by atoms with Gasteiger partial charge in [-0.05, 0) is 25.8 Å². The van der Waals surface area contributed by atoms with Crippen LogP contribution in [0.3, 0.4) is 0 Å². The Kier molecular flexibility index (Phi) is 11.1. The molecular formula is C21H30N4O9. The highest BCUT2D eigenvalue weighted by atomic mass is 16.4. The predicted molar refractivity (Wildman–Crippen MR) is 117 cm³/mol. The number of aliphatic hydroxyl groups excluding tert-OH is 2. The first-order valence-corrected chi connectivity index (χ1v) is 10.3. The van der Waals surface area contributed by atoms with Crippen molar-refractivity contribution in [3.63, 3.8) is 0 Å². The molecule has 0 heterocycles. The van der Waals surface area contributed by atoms with E-state index in [0.717, 1.165) is 12.5 Å². The van der Waals surface area contributed by atoms with Crippen LogP contribution in [0.25, 0.3) is 0 Å². The van der Waals surface area contributed by atoms with Gasteiger partial charge in [0, 0.05) is 0 Å². The van der Waals surface area contributed by atoms with E-state index in [4.69, 9.17) is 15.9 Å². The van der Waals surface area contributed by atoms with Gasteiger partial charge in [0.25, 0.3) is 0 Å². The highest BCUT2D eigenvalue weighted by molar-refractivity contribution is 5.95. The summed E-state index contributed by atoms with van der Waals surface area (Å²) in [5.74, 6) is -6.10. The van der Waals surface area contributed by atoms with Gasteiger partial charge in [-0.2, -0.15) is 0 Å². The predicted octanol–water partition coefficient (Wildman–Crippen LogP) is -2.67. The maximum atomic E-state index is 12.7. The zero-order valence-corrected chi connectivity index (χ0v) is 18.7. The molecule has 0 bridgehead atoms. The van der Waals surface area contributed by atoms with Crippen molar-refractivity contribution in [3.8, 4) is 0 Å². The lowest BCUT2D eigenvalue weighted by molar-refractivity contribution is -0.148. The van der Waals surface area contributed by atoms with Gasteiger partial charge in [0.2, 0.25) is 17.7 Å². The van der Waals surface area contributed by atoms with Crippen molar-refractivity contribution in [1.82, 2.24) is 16.0 Å². The highest BCUT2D eigenvalue weighted by Gasteiger charge is 2.34. The number of hydrogen-bond donors (Lipinski definition) is 8. The summed E-state index contributed by atoms with van der Waals surface area (Å²) in [7, 11) is 0. The number of carbonyl (C=O) groups is 5. The van der Waals surface area contributed by atoms with Gasteiger partial charge in [-0.15, -0.1) is 0 Å². The van der Waals surface area contributed by atoms with Crippen LogP contribution >= 0.6 is 0 Å². The number of hydrogen-bond acceptors (Lipinski definition) is 8. The summed E-state index contributed by atoms with van der Waals surface area (Å²) < 4.78 is 0. The second-order valence-electron chi connectivity index (χ2n) is 7.75. The fourth-order valence-corrected chi connectivity index (χ4v) is 2.91. The van der Waals surface area contributed by atoms with Gasteiger partial charge < -0.3 is 42.1 Å². The maximum Gasteiger partial charge on any atom is 0.326 e. The smallest absolute Gasteiger partial charge is 0.326 e. The van der Waals surface area contributed by atoms with Crippen LogP contribution in [0, 0.1) is 0 Å². The van der Waals surface area contributed by atoms with Crippen molar-refractivity contribution in [2.45, 2.75) is 63.1 Å². The lowest BCUT2D eigenvalue weighted by atomic mass is 10.0. The van der Waals surface area contributed by atoms with E-state index in [2.05, 4.69) is 10.6 Å². The maximum absolute atomic E-state index is 12.7. The third-order valence-corrected chi connectivity index (χ3v) is 4.75. The second-order valence-corrected chi connectivity index (χ2v) is 7.75. The van der Waals surface area contributed by atoms with E-state index in [1.54, 1.807) is 30.3 Å². The van der Waals surface area contributed by atoms with Crippen LogP contribution in [-0.2, 0) is 30.4 Å². The van der Waals surface area contributed by atoms with Crippen molar-refractivity contribution in [3.05, 3.63) is 35.9 Å². The Morgan fingerprint density at radius 3 is 1.74 bits per heavy atom. The van der Waals surface area contributed by atoms with Crippen LogP contribution in [0.15, 0.2) is 30.3 Å². The Labute approximate surface area is 195 Å². The largest absolute Gasteiger partial charge is 0.481 e. The first-order valence-electron chi connectivity index (χ1n) is 10.3. The fraction of sp³-hybridized carbons (Fsp3) is 0.476. The number of carboxylic acid groups (broad SMARTS) is 2. The summed E-state index contributed by atoms with van der Waals surface area (Å²) in [4.78, 5) is 59.6. The summed E-state index contributed by atoms with van der Waals surface area (Å²) >= 11 is 0. The Hall–Kier alpha value is -3.55. The molecule has 6 unspecified atom stereocenters. The van der Waals surface area contributed by atoms with Crippen molar-refractivity contribution < 1.29 is 44.4 Å². The first-order chi connectivity index (χ1) is 15.8. The summed E-state index contributed by atoms with van der Waals surface area (Å²) in [5, 5.41) is 44.1. The number of benzene rings is 1. The quantitative estimate of drug-likeness (QED) is 0.145. The molecular weight excluding hydrogens is 452 g/mol. The highest BCUT2D eigenvalue weighted by Crippen LogP contribution is 2.04. The van der Waals surface area contributed by atoms with Gasteiger partial charge in [-0.25, -0.2) is 4.79 Å².